The molecule has 19 heavy (non-hydrogen) atoms. The third kappa shape index (κ3) is 3.95. The van der Waals surface area contributed by atoms with Crippen LogP contribution in [-0.2, 0) is 6.18 Å². The van der Waals surface area contributed by atoms with E-state index < -0.39 is 29.1 Å². The molecule has 0 saturated heterocycles. The molecule has 0 aliphatic heterocycles. The number of hydrogen-bond donors (Lipinski definition) is 3. The summed E-state index contributed by atoms with van der Waals surface area (Å²) < 4.78 is 50.2. The van der Waals surface area contributed by atoms with Gasteiger partial charge in [0.25, 0.3) is 0 Å². The molecule has 100 valence electrons. The van der Waals surface area contributed by atoms with E-state index in [-0.39, 0.29) is 5.69 Å². The molecule has 0 aliphatic rings. The predicted molar refractivity (Wildman–Crippen MR) is 60.0 cm³/mol. The lowest BCUT2D eigenvalue weighted by molar-refractivity contribution is -0.137. The Morgan fingerprint density at radius 1 is 1.37 bits per heavy atom. The summed E-state index contributed by atoms with van der Waals surface area (Å²) in [6.07, 6.45) is -4.71. The molecule has 0 heterocycles. The Kier molecular flexibility index (Phi) is 4.06. The Morgan fingerprint density at radius 3 is 2.47 bits per heavy atom. The number of nitrogens with two attached hydrogens (primary N) is 1. The number of benzene rings is 1. The standard InChI is InChI=1S/C10H7F4N5/c11-6-1-5(10(12,13)14)2-7(3-6)18-19-8(4-15)9(16)17/h1-3,18H,(H3,16,17)/b19-8+. The highest BCUT2D eigenvalue weighted by molar-refractivity contribution is 6.45. The fraction of sp³-hybridized carbons (Fsp3) is 0.100. The van der Waals surface area contributed by atoms with Gasteiger partial charge in [-0.25, -0.2) is 4.39 Å². The average Bonchev–Trinajstić information content (AvgIpc) is 2.27. The lowest BCUT2D eigenvalue weighted by atomic mass is 10.2. The molecule has 5 nitrogen and oxygen atoms in total. The minimum absolute atomic E-state index is 0.318. The molecule has 4 N–H and O–H groups in total. The van der Waals surface area contributed by atoms with Crippen molar-refractivity contribution >= 4 is 17.2 Å². The zero-order chi connectivity index (χ0) is 14.6. The van der Waals surface area contributed by atoms with Gasteiger partial charge in [0.1, 0.15) is 11.9 Å². The first-order chi connectivity index (χ1) is 8.74. The highest BCUT2D eigenvalue weighted by Crippen LogP contribution is 2.31. The van der Waals surface area contributed by atoms with Gasteiger partial charge in [-0.3, -0.25) is 10.8 Å². The van der Waals surface area contributed by atoms with Crippen LogP contribution in [0.15, 0.2) is 23.3 Å². The topological polar surface area (TPSA) is 98.0 Å². The van der Waals surface area contributed by atoms with E-state index in [9.17, 15) is 17.6 Å². The third-order valence-corrected chi connectivity index (χ3v) is 1.88. The van der Waals surface area contributed by atoms with Crippen molar-refractivity contribution in [2.45, 2.75) is 6.18 Å². The van der Waals surface area contributed by atoms with Gasteiger partial charge >= 0.3 is 6.18 Å². The van der Waals surface area contributed by atoms with Gasteiger partial charge in [-0.05, 0) is 18.2 Å². The Labute approximate surface area is 104 Å². The second kappa shape index (κ2) is 5.34. The Balaban J connectivity index is 3.07. The van der Waals surface area contributed by atoms with Crippen molar-refractivity contribution < 1.29 is 17.6 Å². The summed E-state index contributed by atoms with van der Waals surface area (Å²) in [7, 11) is 0. The van der Waals surface area contributed by atoms with Gasteiger partial charge in [0.15, 0.2) is 5.84 Å². The van der Waals surface area contributed by atoms with E-state index in [2.05, 4.69) is 5.10 Å². The highest BCUT2D eigenvalue weighted by Gasteiger charge is 2.31. The van der Waals surface area contributed by atoms with E-state index in [1.165, 1.54) is 6.07 Å². The second-order valence-electron chi connectivity index (χ2n) is 3.32. The van der Waals surface area contributed by atoms with Crippen molar-refractivity contribution in [1.82, 2.24) is 0 Å². The van der Waals surface area contributed by atoms with Gasteiger partial charge in [0.05, 0.1) is 11.3 Å². The summed E-state index contributed by atoms with van der Waals surface area (Å²) >= 11 is 0. The summed E-state index contributed by atoms with van der Waals surface area (Å²) in [5, 5.41) is 18.7. The summed E-state index contributed by atoms with van der Waals surface area (Å²) in [5.74, 6) is -1.78. The molecule has 0 amide bonds. The van der Waals surface area contributed by atoms with E-state index in [0.717, 1.165) is 6.07 Å². The first kappa shape index (κ1) is 14.4. The fourth-order valence-electron chi connectivity index (χ4n) is 1.08. The van der Waals surface area contributed by atoms with Gasteiger partial charge in [-0.15, -0.1) is 0 Å². The lowest BCUT2D eigenvalue weighted by Gasteiger charge is -2.09. The van der Waals surface area contributed by atoms with Gasteiger partial charge in [-0.1, -0.05) is 0 Å². The Hall–Kier alpha value is -2.63. The highest BCUT2D eigenvalue weighted by atomic mass is 19.4. The number of amidine groups is 1. The van der Waals surface area contributed by atoms with Gasteiger partial charge < -0.3 is 5.73 Å². The molecule has 1 aromatic rings. The molecule has 9 heteroatoms. The number of halogens is 4. The number of nitrogens with one attached hydrogen (secondary N) is 2. The first-order valence-electron chi connectivity index (χ1n) is 4.70. The number of nitriles is 1. The Bertz CT molecular complexity index is 570. The molecule has 0 spiro atoms. The number of rotatable bonds is 3. The van der Waals surface area contributed by atoms with Crippen molar-refractivity contribution in [1.29, 1.82) is 10.7 Å². The van der Waals surface area contributed by atoms with Crippen LogP contribution in [0.25, 0.3) is 0 Å². The van der Waals surface area contributed by atoms with Gasteiger partial charge in [-0.2, -0.15) is 23.5 Å². The molecule has 0 fully saturated rings. The molecule has 1 rings (SSSR count). The lowest BCUT2D eigenvalue weighted by Crippen LogP contribution is -2.21. The quantitative estimate of drug-likeness (QED) is 0.340. The van der Waals surface area contributed by atoms with Gasteiger partial charge in [0.2, 0.25) is 5.71 Å². The maximum atomic E-state index is 13.0. The van der Waals surface area contributed by atoms with Crippen molar-refractivity contribution in [3.05, 3.63) is 29.6 Å². The van der Waals surface area contributed by atoms with Crippen LogP contribution in [0.3, 0.4) is 0 Å². The number of anilines is 1. The molecule has 0 unspecified atom stereocenters. The molecule has 0 aliphatic carbocycles. The van der Waals surface area contributed by atoms with Crippen LogP contribution >= 0.6 is 0 Å². The summed E-state index contributed by atoms with van der Waals surface area (Å²) in [4.78, 5) is 0. The monoisotopic (exact) mass is 273 g/mol. The fourth-order valence-corrected chi connectivity index (χ4v) is 1.08. The Morgan fingerprint density at radius 2 is 2.00 bits per heavy atom. The smallest absolute Gasteiger partial charge is 0.382 e. The number of hydrogen-bond acceptors (Lipinski definition) is 4. The molecule has 0 saturated carbocycles. The molecular formula is C10H7F4N5. The minimum atomic E-state index is -4.71. The number of nitrogens with zero attached hydrogens (tertiary/aromatic N) is 2. The van der Waals surface area contributed by atoms with Crippen molar-refractivity contribution in [3.8, 4) is 6.07 Å². The van der Waals surface area contributed by atoms with E-state index in [4.69, 9.17) is 16.4 Å². The summed E-state index contributed by atoms with van der Waals surface area (Å²) in [5.41, 5.74) is 4.96. The zero-order valence-electron chi connectivity index (χ0n) is 9.22. The van der Waals surface area contributed by atoms with Crippen molar-refractivity contribution in [3.63, 3.8) is 0 Å². The third-order valence-electron chi connectivity index (χ3n) is 1.88. The van der Waals surface area contributed by atoms with E-state index >= 15 is 0 Å². The zero-order valence-corrected chi connectivity index (χ0v) is 9.22. The molecular weight excluding hydrogens is 266 g/mol. The largest absolute Gasteiger partial charge is 0.416 e. The minimum Gasteiger partial charge on any atom is -0.382 e. The molecule has 0 aromatic heterocycles. The summed E-state index contributed by atoms with van der Waals surface area (Å²) in [6.45, 7) is 0. The summed E-state index contributed by atoms with van der Waals surface area (Å²) in [6, 6.07) is 3.15. The first-order valence-corrected chi connectivity index (χ1v) is 4.70. The molecule has 0 atom stereocenters. The van der Waals surface area contributed by atoms with Crippen LogP contribution < -0.4 is 11.2 Å². The number of hydrazone groups is 1. The van der Waals surface area contributed by atoms with Crippen molar-refractivity contribution in [2.24, 2.45) is 10.8 Å². The van der Waals surface area contributed by atoms with Crippen LogP contribution in [0, 0.1) is 22.6 Å². The predicted octanol–water partition coefficient (Wildman–Crippen LogP) is 2.07. The van der Waals surface area contributed by atoms with E-state index in [0.29, 0.717) is 12.1 Å². The molecule has 0 radical (unpaired) electrons. The van der Waals surface area contributed by atoms with Crippen LogP contribution in [0.1, 0.15) is 5.56 Å². The van der Waals surface area contributed by atoms with Crippen LogP contribution in [0.5, 0.6) is 0 Å². The maximum Gasteiger partial charge on any atom is 0.416 e. The molecule has 0 bridgehead atoms. The second-order valence-corrected chi connectivity index (χ2v) is 3.32. The van der Waals surface area contributed by atoms with E-state index in [1.54, 1.807) is 0 Å². The van der Waals surface area contributed by atoms with Crippen LogP contribution in [-0.4, -0.2) is 11.5 Å². The SMILES string of the molecule is N#C/C(=N\Nc1cc(F)cc(C(F)(F)F)c1)C(=N)N. The van der Waals surface area contributed by atoms with Gasteiger partial charge in [0, 0.05) is 0 Å². The van der Waals surface area contributed by atoms with Crippen LogP contribution in [0.4, 0.5) is 23.2 Å². The van der Waals surface area contributed by atoms with Crippen molar-refractivity contribution in [2.75, 3.05) is 5.43 Å². The number of alkyl halides is 3. The average molecular weight is 273 g/mol. The normalized spacial score (nSPS) is 11.8. The van der Waals surface area contributed by atoms with E-state index in [1.807, 2.05) is 5.43 Å². The van der Waals surface area contributed by atoms with Crippen LogP contribution in [0.2, 0.25) is 0 Å². The molecule has 1 aromatic carbocycles. The maximum absolute atomic E-state index is 13.0.